The quantitative estimate of drug-likeness (QED) is 0.390. The van der Waals surface area contributed by atoms with Crippen molar-refractivity contribution >= 4 is 0 Å². The van der Waals surface area contributed by atoms with Crippen LogP contribution in [-0.2, 0) is 0 Å². The van der Waals surface area contributed by atoms with Gasteiger partial charge >= 0.3 is 12.2 Å². The van der Waals surface area contributed by atoms with Crippen molar-refractivity contribution < 1.29 is 36.4 Å². The summed E-state index contributed by atoms with van der Waals surface area (Å²) in [5.41, 5.74) is 0. The Balaban J connectivity index is -0.00000000857. The first-order valence-electron chi connectivity index (χ1n) is 3.01. The van der Waals surface area contributed by atoms with Crippen LogP contribution in [-0.4, -0.2) is 0 Å². The Labute approximate surface area is 102 Å². The minimum absolute atomic E-state index is 0. The SMILES string of the molecule is C=C.C=C.C=C.C=C.F.F.F.F.FC(F)=C(F)F. The van der Waals surface area contributed by atoms with E-state index in [0.717, 1.165) is 0 Å². The first-order valence-corrected chi connectivity index (χ1v) is 3.01. The third-order valence-electron chi connectivity index (χ3n) is 0.143. The van der Waals surface area contributed by atoms with E-state index in [1.54, 1.807) is 0 Å². The Morgan fingerprint density at radius 1 is 0.389 bits per heavy atom. The zero-order valence-electron chi connectivity index (χ0n) is 9.80. The van der Waals surface area contributed by atoms with E-state index in [1.165, 1.54) is 0 Å². The third-order valence-corrected chi connectivity index (χ3v) is 0.143. The smallest absolute Gasteiger partial charge is 0.269 e. The topological polar surface area (TPSA) is 0 Å². The molecule has 0 fully saturated rings. The molecule has 0 spiro atoms. The molecular weight excluding hydrogens is 272 g/mol. The van der Waals surface area contributed by atoms with E-state index >= 15 is 0 Å². The molecule has 0 aromatic carbocycles. The van der Waals surface area contributed by atoms with Crippen LogP contribution in [0.1, 0.15) is 0 Å². The van der Waals surface area contributed by atoms with Gasteiger partial charge in [0, 0.05) is 0 Å². The summed E-state index contributed by atoms with van der Waals surface area (Å²) in [4.78, 5) is 0. The highest BCUT2D eigenvalue weighted by atomic mass is 19.3. The standard InChI is InChI=1S/C2F4.4C2H4.4FH/c3-1(4)2(5)6;4*1-2;;;;/h;4*1-2H2;4*1H. The maximum atomic E-state index is 10.3. The molecule has 0 rings (SSSR count). The third kappa shape index (κ3) is 533. The molecule has 0 atom stereocenters. The average molecular weight is 292 g/mol. The van der Waals surface area contributed by atoms with Gasteiger partial charge in [-0.05, 0) is 0 Å². The predicted octanol–water partition coefficient (Wildman–Crippen LogP) is 5.81. The Hall–Kier alpha value is -1.86. The van der Waals surface area contributed by atoms with Gasteiger partial charge in [0.15, 0.2) is 0 Å². The number of halogens is 8. The molecule has 0 aliphatic heterocycles. The fourth-order valence-electron chi connectivity index (χ4n) is 0. The minimum atomic E-state index is -2.91. The largest absolute Gasteiger partial charge is 0.334 e. The summed E-state index contributed by atoms with van der Waals surface area (Å²) in [6.07, 6.45) is -5.81. The van der Waals surface area contributed by atoms with Crippen LogP contribution < -0.4 is 0 Å². The van der Waals surface area contributed by atoms with Gasteiger partial charge in [-0.25, -0.2) is 0 Å². The van der Waals surface area contributed by atoms with Crippen molar-refractivity contribution in [1.29, 1.82) is 0 Å². The van der Waals surface area contributed by atoms with E-state index in [1.807, 2.05) is 0 Å². The number of rotatable bonds is 0. The highest BCUT2D eigenvalue weighted by Crippen LogP contribution is 2.08. The van der Waals surface area contributed by atoms with Crippen LogP contribution >= 0.6 is 0 Å². The lowest BCUT2D eigenvalue weighted by atomic mass is 11.1. The molecular formula is C10H20F8. The maximum Gasteiger partial charge on any atom is 0.334 e. The van der Waals surface area contributed by atoms with Crippen LogP contribution in [0.15, 0.2) is 64.8 Å². The van der Waals surface area contributed by atoms with Crippen molar-refractivity contribution in [3.63, 3.8) is 0 Å². The van der Waals surface area contributed by atoms with E-state index in [0.29, 0.717) is 0 Å². The first-order chi connectivity index (χ1) is 6.64. The van der Waals surface area contributed by atoms with Gasteiger partial charge in [0.05, 0.1) is 0 Å². The average Bonchev–Trinajstić information content (AvgIpc) is 2.29. The van der Waals surface area contributed by atoms with Gasteiger partial charge in [-0.3, -0.25) is 18.8 Å². The Bertz CT molecular complexity index is 101. The van der Waals surface area contributed by atoms with Crippen molar-refractivity contribution in [3.8, 4) is 0 Å². The van der Waals surface area contributed by atoms with Crippen molar-refractivity contribution in [1.82, 2.24) is 0 Å². The fourth-order valence-corrected chi connectivity index (χ4v) is 0. The molecule has 0 unspecified atom stereocenters. The van der Waals surface area contributed by atoms with Crippen molar-refractivity contribution in [2.45, 2.75) is 0 Å². The van der Waals surface area contributed by atoms with Crippen LogP contribution in [0.2, 0.25) is 0 Å². The molecule has 0 N–H and O–H groups in total. The summed E-state index contributed by atoms with van der Waals surface area (Å²) >= 11 is 0. The molecule has 0 amide bonds. The zero-order valence-corrected chi connectivity index (χ0v) is 9.80. The summed E-state index contributed by atoms with van der Waals surface area (Å²) in [6, 6.07) is 0. The second kappa shape index (κ2) is 177. The summed E-state index contributed by atoms with van der Waals surface area (Å²) in [5.74, 6) is 0. The van der Waals surface area contributed by atoms with Crippen LogP contribution in [0.4, 0.5) is 36.4 Å². The Morgan fingerprint density at radius 3 is 0.444 bits per heavy atom. The molecule has 8 heteroatoms. The van der Waals surface area contributed by atoms with Crippen molar-refractivity contribution in [2.24, 2.45) is 0 Å². The Morgan fingerprint density at radius 2 is 0.444 bits per heavy atom. The van der Waals surface area contributed by atoms with Gasteiger partial charge in [0.2, 0.25) is 0 Å². The van der Waals surface area contributed by atoms with E-state index < -0.39 is 12.2 Å². The van der Waals surface area contributed by atoms with Gasteiger partial charge < -0.3 is 0 Å². The molecule has 0 saturated heterocycles. The Kier molecular flexibility index (Phi) is 712. The highest BCUT2D eigenvalue weighted by molar-refractivity contribution is 4.77. The monoisotopic (exact) mass is 292 g/mol. The first kappa shape index (κ1) is 72.6. The molecule has 116 valence electrons. The van der Waals surface area contributed by atoms with Crippen LogP contribution in [0, 0.1) is 0 Å². The van der Waals surface area contributed by atoms with Gasteiger partial charge in [0.1, 0.15) is 0 Å². The lowest BCUT2D eigenvalue weighted by Gasteiger charge is -1.69. The normalized spacial score (nSPS) is 3.56. The number of hydrogen-bond donors (Lipinski definition) is 0. The molecule has 0 aliphatic rings. The van der Waals surface area contributed by atoms with E-state index in [-0.39, 0.29) is 18.8 Å². The fraction of sp³-hybridized carbons (Fsp3) is 0. The molecule has 0 radical (unpaired) electrons. The predicted molar refractivity (Wildman–Crippen MR) is 66.5 cm³/mol. The molecule has 0 aromatic rings. The molecule has 0 aliphatic carbocycles. The molecule has 0 nitrogen and oxygen atoms in total. The van der Waals surface area contributed by atoms with E-state index in [9.17, 15) is 17.6 Å². The molecule has 0 aromatic heterocycles. The van der Waals surface area contributed by atoms with Crippen LogP contribution in [0.25, 0.3) is 0 Å². The number of hydrogen-bond acceptors (Lipinski definition) is 0. The van der Waals surface area contributed by atoms with Crippen LogP contribution in [0.3, 0.4) is 0 Å². The summed E-state index contributed by atoms with van der Waals surface area (Å²) in [6.45, 7) is 24.0. The van der Waals surface area contributed by atoms with E-state index in [4.69, 9.17) is 0 Å². The molecule has 0 saturated carbocycles. The summed E-state index contributed by atoms with van der Waals surface area (Å²) in [7, 11) is 0. The lowest BCUT2D eigenvalue weighted by molar-refractivity contribution is 0.308. The van der Waals surface area contributed by atoms with Gasteiger partial charge in [-0.2, -0.15) is 17.6 Å². The zero-order chi connectivity index (χ0) is 13.2. The van der Waals surface area contributed by atoms with E-state index in [2.05, 4.69) is 52.6 Å². The highest BCUT2D eigenvalue weighted by Gasteiger charge is 1.98. The second-order valence-electron chi connectivity index (χ2n) is 0.521. The second-order valence-corrected chi connectivity index (χ2v) is 0.521. The summed E-state index contributed by atoms with van der Waals surface area (Å²) in [5, 5.41) is 0. The van der Waals surface area contributed by atoms with Crippen molar-refractivity contribution in [3.05, 3.63) is 64.8 Å². The maximum absolute atomic E-state index is 10.3. The van der Waals surface area contributed by atoms with Gasteiger partial charge in [-0.1, -0.05) is 0 Å². The summed E-state index contributed by atoms with van der Waals surface area (Å²) < 4.78 is 41.1. The van der Waals surface area contributed by atoms with Crippen molar-refractivity contribution in [2.75, 3.05) is 0 Å². The van der Waals surface area contributed by atoms with Gasteiger partial charge in [0.25, 0.3) is 0 Å². The lowest BCUT2D eigenvalue weighted by Crippen LogP contribution is -1.56. The molecule has 18 heavy (non-hydrogen) atoms. The van der Waals surface area contributed by atoms with Gasteiger partial charge in [-0.15, -0.1) is 52.6 Å². The molecule has 0 heterocycles. The molecule has 0 bridgehead atoms. The van der Waals surface area contributed by atoms with Crippen LogP contribution in [0.5, 0.6) is 0 Å². The minimum Gasteiger partial charge on any atom is -0.269 e.